The van der Waals surface area contributed by atoms with E-state index in [0.29, 0.717) is 19.5 Å². The Kier molecular flexibility index (Phi) is 6.00. The van der Waals surface area contributed by atoms with Crippen molar-refractivity contribution in [3.05, 3.63) is 53.6 Å². The monoisotopic (exact) mass is 394 g/mol. The van der Waals surface area contributed by atoms with Crippen LogP contribution >= 0.6 is 0 Å². The van der Waals surface area contributed by atoms with Crippen LogP contribution in [0.4, 0.5) is 4.39 Å². The number of rotatable bonds is 4. The van der Waals surface area contributed by atoms with E-state index in [1.54, 1.807) is 0 Å². The van der Waals surface area contributed by atoms with Crippen molar-refractivity contribution in [1.82, 2.24) is 4.90 Å². The Bertz CT molecular complexity index is 898. The molecule has 2 aromatic rings. The largest absolute Gasteiger partial charge is 0.507 e. The Balaban J connectivity index is 1.79. The quantitative estimate of drug-likeness (QED) is 0.707. The van der Waals surface area contributed by atoms with Gasteiger partial charge in [0.15, 0.2) is 0 Å². The highest BCUT2D eigenvalue weighted by Crippen LogP contribution is 2.50. The van der Waals surface area contributed by atoms with E-state index in [1.165, 1.54) is 0 Å². The van der Waals surface area contributed by atoms with Crippen molar-refractivity contribution >= 4 is 0 Å². The summed E-state index contributed by atoms with van der Waals surface area (Å²) >= 11 is 0. The fraction of sp³-hybridized carbons (Fsp3) is 0.480. The first-order valence-corrected chi connectivity index (χ1v) is 10.3. The summed E-state index contributed by atoms with van der Waals surface area (Å²) in [6.07, 6.45) is -0.136. The van der Waals surface area contributed by atoms with Gasteiger partial charge in [-0.15, -0.1) is 0 Å². The lowest BCUT2D eigenvalue weighted by Gasteiger charge is -2.51. The van der Waals surface area contributed by atoms with Gasteiger partial charge in [0.25, 0.3) is 0 Å². The van der Waals surface area contributed by atoms with Gasteiger partial charge in [-0.1, -0.05) is 63.2 Å². The Morgan fingerprint density at radius 2 is 1.90 bits per heavy atom. The van der Waals surface area contributed by atoms with Gasteiger partial charge in [-0.2, -0.15) is 5.26 Å². The zero-order valence-electron chi connectivity index (χ0n) is 17.9. The summed E-state index contributed by atoms with van der Waals surface area (Å²) in [5.41, 5.74) is 2.78. The molecule has 0 radical (unpaired) electrons. The lowest BCUT2D eigenvalue weighted by molar-refractivity contribution is -0.0661. The molecule has 1 N–H and O–H groups in total. The minimum atomic E-state index is -1.05. The van der Waals surface area contributed by atoms with E-state index in [4.69, 9.17) is 0 Å². The smallest absolute Gasteiger partial charge is 0.126 e. The van der Waals surface area contributed by atoms with Crippen LogP contribution in [0.5, 0.6) is 5.75 Å². The number of piperidine rings is 1. The molecule has 0 amide bonds. The summed E-state index contributed by atoms with van der Waals surface area (Å²) in [7, 11) is 0. The highest BCUT2D eigenvalue weighted by Gasteiger charge is 2.51. The summed E-state index contributed by atoms with van der Waals surface area (Å²) < 4.78 is 15.4. The fourth-order valence-corrected chi connectivity index (χ4v) is 4.61. The molecule has 1 heterocycles. The van der Waals surface area contributed by atoms with Gasteiger partial charge in [-0.25, -0.2) is 4.39 Å². The number of nitriles is 1. The third kappa shape index (κ3) is 4.02. The zero-order chi connectivity index (χ0) is 21.2. The number of hydrogen-bond acceptors (Lipinski definition) is 3. The Morgan fingerprint density at radius 3 is 2.48 bits per heavy atom. The first-order chi connectivity index (χ1) is 13.7. The van der Waals surface area contributed by atoms with Crippen molar-refractivity contribution in [2.45, 2.75) is 53.3 Å². The Labute approximate surface area is 173 Å². The molecule has 0 spiro atoms. The molecule has 29 heavy (non-hydrogen) atoms. The number of nitrogens with zero attached hydrogens (tertiary/aromatic N) is 2. The van der Waals surface area contributed by atoms with Crippen molar-refractivity contribution in [3.8, 4) is 22.9 Å². The lowest BCUT2D eigenvalue weighted by Crippen LogP contribution is -2.54. The normalized spacial score (nSPS) is 23.0. The molecule has 0 saturated carbocycles. The first kappa shape index (κ1) is 21.3. The highest BCUT2D eigenvalue weighted by molar-refractivity contribution is 5.72. The molecule has 1 saturated heterocycles. The van der Waals surface area contributed by atoms with E-state index in [1.807, 2.05) is 70.2 Å². The van der Waals surface area contributed by atoms with E-state index in [0.717, 1.165) is 28.8 Å². The maximum atomic E-state index is 15.4. The summed E-state index contributed by atoms with van der Waals surface area (Å²) in [5, 5.41) is 20.0. The van der Waals surface area contributed by atoms with Crippen LogP contribution in [-0.4, -0.2) is 29.3 Å². The summed E-state index contributed by atoms with van der Waals surface area (Å²) in [4.78, 5) is 2.11. The molecule has 3 nitrogen and oxygen atoms in total. The fourth-order valence-electron chi connectivity index (χ4n) is 4.61. The lowest BCUT2D eigenvalue weighted by atomic mass is 9.59. The van der Waals surface area contributed by atoms with E-state index in [2.05, 4.69) is 11.0 Å². The van der Waals surface area contributed by atoms with Crippen LogP contribution in [0, 0.1) is 29.1 Å². The molecule has 154 valence electrons. The maximum absolute atomic E-state index is 15.4. The number of phenols is 1. The Hall–Kier alpha value is -2.38. The standard InChI is InChI=1S/C25H31FN2O/c1-18-20(10-11-21(23(18)29)19-8-6-5-7-9-19)16-28-15-13-25(12-14-27,22(26)17-28)24(2,3)4/h5-11,22,29H,12-13,15-17H2,1-4H3. The van der Waals surface area contributed by atoms with Crippen molar-refractivity contribution in [1.29, 1.82) is 5.26 Å². The van der Waals surface area contributed by atoms with E-state index >= 15 is 4.39 Å². The second kappa shape index (κ2) is 8.16. The number of phenolic OH excluding ortho intramolecular Hbond substituents is 1. The van der Waals surface area contributed by atoms with Gasteiger partial charge in [-0.05, 0) is 42.0 Å². The molecule has 2 unspecified atom stereocenters. The third-order valence-corrected chi connectivity index (χ3v) is 6.80. The van der Waals surface area contributed by atoms with Crippen LogP contribution in [0.15, 0.2) is 42.5 Å². The molecule has 1 aliphatic rings. The molecule has 0 aromatic heterocycles. The van der Waals surface area contributed by atoms with Crippen LogP contribution in [0.25, 0.3) is 11.1 Å². The van der Waals surface area contributed by atoms with E-state index in [9.17, 15) is 10.4 Å². The second-order valence-electron chi connectivity index (χ2n) is 9.31. The van der Waals surface area contributed by atoms with Crippen LogP contribution in [0.3, 0.4) is 0 Å². The van der Waals surface area contributed by atoms with Gasteiger partial charge in [-0.3, -0.25) is 4.90 Å². The number of halogens is 1. The van der Waals surface area contributed by atoms with Gasteiger partial charge in [0, 0.05) is 30.5 Å². The van der Waals surface area contributed by atoms with Crippen LogP contribution in [0.2, 0.25) is 0 Å². The first-order valence-electron chi connectivity index (χ1n) is 10.3. The minimum Gasteiger partial charge on any atom is -0.507 e. The van der Waals surface area contributed by atoms with Gasteiger partial charge >= 0.3 is 0 Å². The highest BCUT2D eigenvalue weighted by atomic mass is 19.1. The van der Waals surface area contributed by atoms with Crippen molar-refractivity contribution in [2.75, 3.05) is 13.1 Å². The van der Waals surface area contributed by atoms with Crippen molar-refractivity contribution in [2.24, 2.45) is 10.8 Å². The SMILES string of the molecule is Cc1c(CN2CCC(CC#N)(C(C)(C)C)C(F)C2)ccc(-c2ccccc2)c1O. The number of benzene rings is 2. The molecule has 2 atom stereocenters. The molecule has 1 aliphatic heterocycles. The average molecular weight is 395 g/mol. The van der Waals surface area contributed by atoms with Crippen LogP contribution < -0.4 is 0 Å². The molecule has 4 heteroatoms. The van der Waals surface area contributed by atoms with Gasteiger partial charge in [0.2, 0.25) is 0 Å². The van der Waals surface area contributed by atoms with E-state index in [-0.39, 0.29) is 17.6 Å². The molecular weight excluding hydrogens is 363 g/mol. The molecular formula is C25H31FN2O. The minimum absolute atomic E-state index is 0.247. The number of aromatic hydroxyl groups is 1. The maximum Gasteiger partial charge on any atom is 0.126 e. The van der Waals surface area contributed by atoms with Crippen LogP contribution in [-0.2, 0) is 6.54 Å². The average Bonchev–Trinajstić information content (AvgIpc) is 2.67. The topological polar surface area (TPSA) is 47.3 Å². The molecule has 3 rings (SSSR count). The summed E-state index contributed by atoms with van der Waals surface area (Å²) in [5.74, 6) is 0.288. The second-order valence-corrected chi connectivity index (χ2v) is 9.31. The summed E-state index contributed by atoms with van der Waals surface area (Å²) in [6.45, 7) is 9.70. The van der Waals surface area contributed by atoms with Gasteiger partial charge < -0.3 is 5.11 Å². The predicted octanol–water partition coefficient (Wildman–Crippen LogP) is 5.86. The zero-order valence-corrected chi connectivity index (χ0v) is 17.9. The van der Waals surface area contributed by atoms with Gasteiger partial charge in [0.05, 0.1) is 6.07 Å². The predicted molar refractivity (Wildman–Crippen MR) is 115 cm³/mol. The van der Waals surface area contributed by atoms with Crippen molar-refractivity contribution in [3.63, 3.8) is 0 Å². The molecule has 0 bridgehead atoms. The number of likely N-dealkylation sites (tertiary alicyclic amines) is 1. The molecule has 1 fully saturated rings. The number of hydrogen-bond donors (Lipinski definition) is 1. The third-order valence-electron chi connectivity index (χ3n) is 6.80. The molecule has 0 aliphatic carbocycles. The van der Waals surface area contributed by atoms with Crippen molar-refractivity contribution < 1.29 is 9.50 Å². The summed E-state index contributed by atoms with van der Waals surface area (Å²) in [6, 6.07) is 16.0. The number of alkyl halides is 1. The van der Waals surface area contributed by atoms with Crippen LogP contribution in [0.1, 0.15) is 44.7 Å². The Morgan fingerprint density at radius 1 is 1.21 bits per heavy atom. The van der Waals surface area contributed by atoms with Gasteiger partial charge in [0.1, 0.15) is 11.9 Å². The van der Waals surface area contributed by atoms with E-state index < -0.39 is 11.6 Å². The molecule has 2 aromatic carbocycles.